The minimum atomic E-state index is -2.92. The van der Waals surface area contributed by atoms with Gasteiger partial charge in [0.1, 0.15) is 5.75 Å². The molecule has 0 fully saturated rings. The first-order valence-corrected chi connectivity index (χ1v) is 7.48. The number of likely N-dealkylation sites (N-methyl/N-ethyl adjacent to an activating group) is 1. The molecule has 0 N–H and O–H groups in total. The molecule has 0 spiro atoms. The van der Waals surface area contributed by atoms with Crippen LogP contribution >= 0.6 is 15.9 Å². The van der Waals surface area contributed by atoms with E-state index in [-0.39, 0.29) is 11.7 Å². The van der Waals surface area contributed by atoms with Crippen LogP contribution in [0.25, 0.3) is 6.08 Å². The summed E-state index contributed by atoms with van der Waals surface area (Å²) in [7, 11) is 0. The van der Waals surface area contributed by atoms with E-state index >= 15 is 0 Å². The van der Waals surface area contributed by atoms with Gasteiger partial charge in [-0.05, 0) is 38.1 Å². The molecule has 0 unspecified atom stereocenters. The zero-order chi connectivity index (χ0) is 16.7. The van der Waals surface area contributed by atoms with E-state index in [1.54, 1.807) is 17.0 Å². The minimum Gasteiger partial charge on any atom is -0.434 e. The highest BCUT2D eigenvalue weighted by molar-refractivity contribution is 9.10. The quantitative estimate of drug-likeness (QED) is 0.520. The Labute approximate surface area is 137 Å². The second-order valence-electron chi connectivity index (χ2n) is 4.70. The number of rotatable bonds is 7. The Morgan fingerprint density at radius 1 is 1.50 bits per heavy atom. The first kappa shape index (κ1) is 18.4. The lowest BCUT2D eigenvalue weighted by Crippen LogP contribution is -2.30. The monoisotopic (exact) mass is 373 g/mol. The Balaban J connectivity index is 2.94. The molecule has 0 radical (unpaired) electrons. The molecule has 1 aromatic carbocycles. The highest BCUT2D eigenvalue weighted by Gasteiger charge is 2.11. The number of amides is 1. The van der Waals surface area contributed by atoms with E-state index in [0.717, 1.165) is 5.57 Å². The molecule has 0 saturated heterocycles. The number of ether oxygens (including phenoxy) is 1. The number of benzene rings is 1. The number of nitrogens with zero attached hydrogens (tertiary/aromatic N) is 1. The van der Waals surface area contributed by atoms with Gasteiger partial charge in [0.2, 0.25) is 5.91 Å². The van der Waals surface area contributed by atoms with Crippen molar-refractivity contribution in [3.8, 4) is 5.75 Å². The standard InChI is InChI=1S/C16H18BrF2NO2/c1-4-20(10-11(2)3)15(21)8-5-12-9-13(17)6-7-14(12)22-16(18)19/h5-9,16H,2,4,10H2,1,3H3/b8-5+. The molecule has 0 aliphatic heterocycles. The van der Waals surface area contributed by atoms with Crippen LogP contribution in [0.3, 0.4) is 0 Å². The normalized spacial score (nSPS) is 11.0. The molecule has 3 nitrogen and oxygen atoms in total. The second kappa shape index (κ2) is 8.68. The molecule has 1 aromatic rings. The predicted molar refractivity (Wildman–Crippen MR) is 86.9 cm³/mol. The largest absolute Gasteiger partial charge is 0.434 e. The van der Waals surface area contributed by atoms with Gasteiger partial charge in [-0.3, -0.25) is 4.79 Å². The lowest BCUT2D eigenvalue weighted by atomic mass is 10.2. The maximum atomic E-state index is 12.4. The molecule has 0 atom stereocenters. The van der Waals surface area contributed by atoms with Gasteiger partial charge in [0.25, 0.3) is 0 Å². The van der Waals surface area contributed by atoms with Crippen LogP contribution in [0.5, 0.6) is 5.75 Å². The maximum absolute atomic E-state index is 12.4. The molecule has 1 rings (SSSR count). The predicted octanol–water partition coefficient (Wildman–Crippen LogP) is 4.49. The molecule has 0 aliphatic rings. The van der Waals surface area contributed by atoms with Gasteiger partial charge in [0.15, 0.2) is 0 Å². The van der Waals surface area contributed by atoms with Crippen LogP contribution in [0, 0.1) is 0 Å². The first-order chi connectivity index (χ1) is 10.3. The summed E-state index contributed by atoms with van der Waals surface area (Å²) in [5.41, 5.74) is 1.27. The smallest absolute Gasteiger partial charge is 0.387 e. The van der Waals surface area contributed by atoms with Gasteiger partial charge in [0, 0.05) is 29.2 Å². The highest BCUT2D eigenvalue weighted by atomic mass is 79.9. The molecule has 120 valence electrons. The lowest BCUT2D eigenvalue weighted by Gasteiger charge is -2.19. The summed E-state index contributed by atoms with van der Waals surface area (Å²) in [6, 6.07) is 4.62. The fraction of sp³-hybridized carbons (Fsp3) is 0.312. The summed E-state index contributed by atoms with van der Waals surface area (Å²) in [6.07, 6.45) is 2.80. The summed E-state index contributed by atoms with van der Waals surface area (Å²) in [6.45, 7) is 5.55. The van der Waals surface area contributed by atoms with Crippen LogP contribution in [-0.4, -0.2) is 30.5 Å². The van der Waals surface area contributed by atoms with Gasteiger partial charge < -0.3 is 9.64 Å². The number of halogens is 3. The molecule has 22 heavy (non-hydrogen) atoms. The topological polar surface area (TPSA) is 29.5 Å². The summed E-state index contributed by atoms with van der Waals surface area (Å²) in [4.78, 5) is 13.7. The Morgan fingerprint density at radius 3 is 2.73 bits per heavy atom. The van der Waals surface area contributed by atoms with Crippen molar-refractivity contribution in [1.82, 2.24) is 4.90 Å². The average molecular weight is 374 g/mol. The number of hydrogen-bond acceptors (Lipinski definition) is 2. The fourth-order valence-corrected chi connectivity index (χ4v) is 2.17. The Bertz CT molecular complexity index is 573. The zero-order valence-electron chi connectivity index (χ0n) is 12.5. The zero-order valence-corrected chi connectivity index (χ0v) is 14.1. The molecular weight excluding hydrogens is 356 g/mol. The van der Waals surface area contributed by atoms with Crippen molar-refractivity contribution in [2.24, 2.45) is 0 Å². The van der Waals surface area contributed by atoms with Gasteiger partial charge in [-0.2, -0.15) is 8.78 Å². The fourth-order valence-electron chi connectivity index (χ4n) is 1.79. The average Bonchev–Trinajstić information content (AvgIpc) is 2.43. The molecule has 6 heteroatoms. The van der Waals surface area contributed by atoms with Gasteiger partial charge in [-0.25, -0.2) is 0 Å². The van der Waals surface area contributed by atoms with Crippen molar-refractivity contribution in [1.29, 1.82) is 0 Å². The van der Waals surface area contributed by atoms with Crippen molar-refractivity contribution in [2.45, 2.75) is 20.5 Å². The molecule has 0 saturated carbocycles. The number of hydrogen-bond donors (Lipinski definition) is 0. The van der Waals surface area contributed by atoms with E-state index < -0.39 is 6.61 Å². The highest BCUT2D eigenvalue weighted by Crippen LogP contribution is 2.26. The van der Waals surface area contributed by atoms with Crippen molar-refractivity contribution < 1.29 is 18.3 Å². The first-order valence-electron chi connectivity index (χ1n) is 6.69. The molecule has 0 aromatic heterocycles. The molecule has 0 heterocycles. The van der Waals surface area contributed by atoms with Crippen molar-refractivity contribution >= 4 is 27.9 Å². The SMILES string of the molecule is C=C(C)CN(CC)C(=O)/C=C/c1cc(Br)ccc1OC(F)F. The van der Waals surface area contributed by atoms with Crippen molar-refractivity contribution in [2.75, 3.05) is 13.1 Å². The number of alkyl halides is 2. The molecular formula is C16H18BrF2NO2. The third-order valence-corrected chi connectivity index (χ3v) is 3.24. The Kier molecular flexibility index (Phi) is 7.24. The molecule has 0 bridgehead atoms. The summed E-state index contributed by atoms with van der Waals surface area (Å²) < 4.78 is 29.9. The van der Waals surface area contributed by atoms with Crippen molar-refractivity contribution in [3.05, 3.63) is 46.5 Å². The number of carbonyl (C=O) groups excluding carboxylic acids is 1. The summed E-state index contributed by atoms with van der Waals surface area (Å²) in [5.74, 6) is -0.196. The van der Waals surface area contributed by atoms with Gasteiger partial charge >= 0.3 is 6.61 Å². The number of carbonyl (C=O) groups is 1. The minimum absolute atomic E-state index is 0.0187. The van der Waals surface area contributed by atoms with E-state index in [1.807, 2.05) is 13.8 Å². The summed E-state index contributed by atoms with van der Waals surface area (Å²) >= 11 is 3.26. The van der Waals surface area contributed by atoms with Crippen LogP contribution in [0.1, 0.15) is 19.4 Å². The van der Waals surface area contributed by atoms with Crippen LogP contribution in [0.2, 0.25) is 0 Å². The third kappa shape index (κ3) is 5.97. The van der Waals surface area contributed by atoms with E-state index in [1.165, 1.54) is 18.2 Å². The molecule has 0 aliphatic carbocycles. The van der Waals surface area contributed by atoms with Crippen LogP contribution in [0.15, 0.2) is 40.9 Å². The van der Waals surface area contributed by atoms with Crippen LogP contribution < -0.4 is 4.74 Å². The van der Waals surface area contributed by atoms with Crippen LogP contribution in [-0.2, 0) is 4.79 Å². The summed E-state index contributed by atoms with van der Waals surface area (Å²) in [5, 5.41) is 0. The van der Waals surface area contributed by atoms with E-state index in [2.05, 4.69) is 27.2 Å². The lowest BCUT2D eigenvalue weighted by molar-refractivity contribution is -0.125. The van der Waals surface area contributed by atoms with Gasteiger partial charge in [-0.1, -0.05) is 28.1 Å². The van der Waals surface area contributed by atoms with Gasteiger partial charge in [0.05, 0.1) is 0 Å². The molecule has 1 amide bonds. The van der Waals surface area contributed by atoms with Gasteiger partial charge in [-0.15, -0.1) is 0 Å². The van der Waals surface area contributed by atoms with E-state index in [0.29, 0.717) is 23.1 Å². The van der Waals surface area contributed by atoms with Crippen molar-refractivity contribution in [3.63, 3.8) is 0 Å². The third-order valence-electron chi connectivity index (χ3n) is 2.75. The Morgan fingerprint density at radius 2 is 2.18 bits per heavy atom. The van der Waals surface area contributed by atoms with E-state index in [9.17, 15) is 13.6 Å². The maximum Gasteiger partial charge on any atom is 0.387 e. The van der Waals surface area contributed by atoms with Crippen LogP contribution in [0.4, 0.5) is 8.78 Å². The second-order valence-corrected chi connectivity index (χ2v) is 5.62. The Hall–Kier alpha value is -1.69. The van der Waals surface area contributed by atoms with E-state index in [4.69, 9.17) is 0 Å².